The molecule has 4 rings (SSSR count). The molecule has 1 saturated carbocycles. The lowest BCUT2D eigenvalue weighted by molar-refractivity contribution is -0.127. The van der Waals surface area contributed by atoms with Gasteiger partial charge in [0, 0.05) is 37.7 Å². The average molecular weight is 429 g/mol. The largest absolute Gasteiger partial charge is 0.376 e. The Balaban J connectivity index is 1.23. The van der Waals surface area contributed by atoms with E-state index in [0.29, 0.717) is 12.0 Å². The van der Waals surface area contributed by atoms with Gasteiger partial charge in [-0.2, -0.15) is 0 Å². The topological polar surface area (TPSA) is 50.8 Å². The molecule has 0 radical (unpaired) electrons. The van der Waals surface area contributed by atoms with Crippen LogP contribution < -0.4 is 5.32 Å². The van der Waals surface area contributed by atoms with Crippen LogP contribution in [-0.4, -0.2) is 62.4 Å². The Morgan fingerprint density at radius 2 is 1.84 bits per heavy atom. The summed E-state index contributed by atoms with van der Waals surface area (Å²) in [5, 5.41) is 3.18. The van der Waals surface area contributed by atoms with E-state index in [2.05, 4.69) is 41.4 Å². The van der Waals surface area contributed by atoms with E-state index < -0.39 is 0 Å². The predicted octanol–water partition coefficient (Wildman–Crippen LogP) is 3.97. The first-order valence-electron chi connectivity index (χ1n) is 12.4. The molecule has 1 unspecified atom stereocenters. The third kappa shape index (κ3) is 6.30. The van der Waals surface area contributed by atoms with Crippen molar-refractivity contribution in [1.82, 2.24) is 10.2 Å². The Hall–Kier alpha value is -1.43. The lowest BCUT2D eigenvalue weighted by atomic mass is 9.69. The molecule has 3 aliphatic rings. The number of nitrogens with one attached hydrogen (secondary N) is 1. The Kier molecular flexibility index (Phi) is 8.02. The van der Waals surface area contributed by atoms with Crippen LogP contribution in [0.15, 0.2) is 24.3 Å². The van der Waals surface area contributed by atoms with Crippen molar-refractivity contribution in [1.29, 1.82) is 0 Å². The minimum Gasteiger partial charge on any atom is -0.376 e. The zero-order valence-electron chi connectivity index (χ0n) is 19.2. The minimum absolute atomic E-state index is 0.0138. The molecule has 2 saturated heterocycles. The van der Waals surface area contributed by atoms with Crippen molar-refractivity contribution in [3.63, 3.8) is 0 Å². The molecule has 1 aromatic carbocycles. The predicted molar refractivity (Wildman–Crippen MR) is 123 cm³/mol. The number of likely N-dealkylation sites (tertiary alicyclic amines) is 1. The van der Waals surface area contributed by atoms with Crippen molar-refractivity contribution >= 4 is 5.91 Å². The first-order valence-corrected chi connectivity index (χ1v) is 12.4. The molecule has 1 aliphatic carbocycles. The minimum atomic E-state index is 0.0138. The van der Waals surface area contributed by atoms with Gasteiger partial charge in [0.2, 0.25) is 5.91 Å². The van der Waals surface area contributed by atoms with Crippen molar-refractivity contribution in [3.8, 4) is 0 Å². The second-order valence-corrected chi connectivity index (χ2v) is 9.98. The number of hydrogen-bond donors (Lipinski definition) is 1. The first kappa shape index (κ1) is 22.8. The molecule has 1 amide bonds. The Morgan fingerprint density at radius 3 is 2.52 bits per heavy atom. The summed E-state index contributed by atoms with van der Waals surface area (Å²) in [6, 6.07) is 9.55. The van der Waals surface area contributed by atoms with E-state index in [1.807, 2.05) is 0 Å². The lowest BCUT2D eigenvalue weighted by Crippen LogP contribution is -2.50. The van der Waals surface area contributed by atoms with Crippen molar-refractivity contribution < 1.29 is 14.3 Å². The molecule has 1 atom stereocenters. The van der Waals surface area contributed by atoms with Crippen LogP contribution >= 0.6 is 0 Å². The van der Waals surface area contributed by atoms with E-state index in [4.69, 9.17) is 9.47 Å². The molecule has 1 aromatic rings. The Labute approximate surface area is 187 Å². The van der Waals surface area contributed by atoms with Crippen LogP contribution in [0.25, 0.3) is 0 Å². The molecule has 31 heavy (non-hydrogen) atoms. The van der Waals surface area contributed by atoms with Gasteiger partial charge in [-0.3, -0.25) is 4.79 Å². The number of hydrogen-bond acceptors (Lipinski definition) is 4. The lowest BCUT2D eigenvalue weighted by Gasteiger charge is -2.44. The van der Waals surface area contributed by atoms with Crippen molar-refractivity contribution in [2.45, 2.75) is 82.3 Å². The maximum Gasteiger partial charge on any atom is 0.246 e. The van der Waals surface area contributed by atoms with Crippen LogP contribution in [0.5, 0.6) is 0 Å². The summed E-state index contributed by atoms with van der Waals surface area (Å²) in [7, 11) is 0. The average Bonchev–Trinajstić information content (AvgIpc) is 3.30. The van der Waals surface area contributed by atoms with Crippen molar-refractivity contribution in [2.24, 2.45) is 0 Å². The van der Waals surface area contributed by atoms with Gasteiger partial charge in [0.15, 0.2) is 0 Å². The molecule has 172 valence electrons. The third-order valence-electron chi connectivity index (χ3n) is 7.51. The van der Waals surface area contributed by atoms with Gasteiger partial charge < -0.3 is 19.7 Å². The molecule has 2 aliphatic heterocycles. The monoisotopic (exact) mass is 428 g/mol. The molecule has 3 fully saturated rings. The van der Waals surface area contributed by atoms with Crippen molar-refractivity contribution in [3.05, 3.63) is 35.4 Å². The highest BCUT2D eigenvalue weighted by Crippen LogP contribution is 2.40. The van der Waals surface area contributed by atoms with Crippen LogP contribution in [0, 0.1) is 6.92 Å². The number of rotatable bonds is 8. The van der Waals surface area contributed by atoms with Crippen LogP contribution in [0.1, 0.15) is 68.9 Å². The van der Waals surface area contributed by atoms with Gasteiger partial charge in [-0.05, 0) is 51.0 Å². The zero-order valence-corrected chi connectivity index (χ0v) is 19.2. The second kappa shape index (κ2) is 10.9. The van der Waals surface area contributed by atoms with E-state index in [1.54, 1.807) is 0 Å². The normalized spacial score (nSPS) is 24.9. The van der Waals surface area contributed by atoms with E-state index >= 15 is 0 Å². The highest BCUT2D eigenvalue weighted by molar-refractivity contribution is 5.77. The summed E-state index contributed by atoms with van der Waals surface area (Å²) < 4.78 is 11.1. The van der Waals surface area contributed by atoms with Crippen LogP contribution in [0.2, 0.25) is 0 Å². The molecular weight excluding hydrogens is 388 g/mol. The van der Waals surface area contributed by atoms with Gasteiger partial charge in [0.05, 0.1) is 12.7 Å². The summed E-state index contributed by atoms with van der Waals surface area (Å²) in [4.78, 5) is 14.9. The summed E-state index contributed by atoms with van der Waals surface area (Å²) in [6.07, 6.45) is 11.0. The van der Waals surface area contributed by atoms with Gasteiger partial charge in [-0.25, -0.2) is 0 Å². The number of benzene rings is 1. The van der Waals surface area contributed by atoms with Gasteiger partial charge >= 0.3 is 0 Å². The van der Waals surface area contributed by atoms with Crippen LogP contribution in [0.3, 0.4) is 0 Å². The Bertz CT molecular complexity index is 685. The summed E-state index contributed by atoms with van der Waals surface area (Å²) in [6.45, 7) is 6.96. The maximum absolute atomic E-state index is 12.3. The molecule has 5 heteroatoms. The summed E-state index contributed by atoms with van der Waals surface area (Å²) in [5.74, 6) is 0.0138. The van der Waals surface area contributed by atoms with Gasteiger partial charge in [-0.15, -0.1) is 0 Å². The molecule has 5 nitrogen and oxygen atoms in total. The highest BCUT2D eigenvalue weighted by atomic mass is 16.5. The molecule has 1 N–H and O–H groups in total. The van der Waals surface area contributed by atoms with E-state index in [9.17, 15) is 4.79 Å². The number of ether oxygens (including phenoxy) is 2. The number of aryl methyl sites for hydroxylation is 1. The summed E-state index contributed by atoms with van der Waals surface area (Å²) >= 11 is 0. The molecule has 0 bridgehead atoms. The fraction of sp³-hybridized carbons (Fsp3) is 0.731. The Morgan fingerprint density at radius 1 is 1.10 bits per heavy atom. The number of piperidine rings is 1. The second-order valence-electron chi connectivity index (χ2n) is 9.98. The smallest absolute Gasteiger partial charge is 0.246 e. The number of carbonyl (C=O) groups excluding carboxylic acids is 1. The zero-order chi connectivity index (χ0) is 21.5. The molecule has 0 aromatic heterocycles. The maximum atomic E-state index is 12.3. The van der Waals surface area contributed by atoms with Crippen molar-refractivity contribution in [2.75, 3.05) is 39.5 Å². The standard InChI is InChI=1S/C26H40N2O3/c1-21-7-9-22(10-8-21)26(13-3-2-4-14-26)20-28-15-11-23(12-16-28)27-25(29)19-30-18-24-6-5-17-31-24/h7-10,23-24H,2-6,11-20H2,1H3,(H,27,29). The molecule has 2 heterocycles. The number of amides is 1. The van der Waals surface area contributed by atoms with E-state index in [-0.39, 0.29) is 24.7 Å². The van der Waals surface area contributed by atoms with Gasteiger partial charge in [0.25, 0.3) is 0 Å². The molecular formula is C26H40N2O3. The quantitative estimate of drug-likeness (QED) is 0.681. The SMILES string of the molecule is Cc1ccc(C2(CN3CCC(NC(=O)COCC4CCCO4)CC3)CCCCC2)cc1. The fourth-order valence-corrected chi connectivity index (χ4v) is 5.67. The first-order chi connectivity index (χ1) is 15.1. The fourth-order valence-electron chi connectivity index (χ4n) is 5.67. The van der Waals surface area contributed by atoms with Gasteiger partial charge in [0.1, 0.15) is 6.61 Å². The highest BCUT2D eigenvalue weighted by Gasteiger charge is 2.36. The molecule has 0 spiro atoms. The van der Waals surface area contributed by atoms with E-state index in [0.717, 1.165) is 51.9 Å². The third-order valence-corrected chi connectivity index (χ3v) is 7.51. The van der Waals surface area contributed by atoms with Crippen LogP contribution in [-0.2, 0) is 19.7 Å². The number of carbonyl (C=O) groups is 1. The van der Waals surface area contributed by atoms with E-state index in [1.165, 1.54) is 43.2 Å². The van der Waals surface area contributed by atoms with Gasteiger partial charge in [-0.1, -0.05) is 49.1 Å². The number of nitrogens with zero attached hydrogens (tertiary/aromatic N) is 1. The van der Waals surface area contributed by atoms with Crippen LogP contribution in [0.4, 0.5) is 0 Å². The summed E-state index contributed by atoms with van der Waals surface area (Å²) in [5.41, 5.74) is 3.17.